The quantitative estimate of drug-likeness (QED) is 0.816. The van der Waals surface area contributed by atoms with Gasteiger partial charge in [0.25, 0.3) is 0 Å². The van der Waals surface area contributed by atoms with Crippen molar-refractivity contribution in [3.8, 4) is 17.9 Å². The van der Waals surface area contributed by atoms with E-state index in [1.807, 2.05) is 42.5 Å². The van der Waals surface area contributed by atoms with E-state index >= 15 is 0 Å². The molecule has 1 aliphatic carbocycles. The molecule has 1 N–H and O–H groups in total. The lowest BCUT2D eigenvalue weighted by Gasteiger charge is -2.30. The second kappa shape index (κ2) is 6.33. The molecule has 2 rings (SSSR count). The van der Waals surface area contributed by atoms with Crippen molar-refractivity contribution in [3.05, 3.63) is 58.7 Å². The minimum absolute atomic E-state index is 0.0255. The average molecular weight is 290 g/mol. The van der Waals surface area contributed by atoms with E-state index in [0.29, 0.717) is 0 Å². The molecule has 0 spiro atoms. The van der Waals surface area contributed by atoms with E-state index in [2.05, 4.69) is 13.8 Å². The first kappa shape index (κ1) is 15.6. The molecule has 0 heterocycles. The Morgan fingerprint density at radius 2 is 1.73 bits per heavy atom. The first-order valence-corrected chi connectivity index (χ1v) is 7.14. The number of allylic oxidation sites excluding steroid dienone is 5. The summed E-state index contributed by atoms with van der Waals surface area (Å²) < 4.78 is 0. The Morgan fingerprint density at radius 3 is 2.32 bits per heavy atom. The largest absolute Gasteiger partial charge is 0.508 e. The van der Waals surface area contributed by atoms with Gasteiger partial charge in [-0.25, -0.2) is 0 Å². The fraction of sp³-hybridized carbons (Fsp3) is 0.263. The minimum Gasteiger partial charge on any atom is -0.508 e. The molecule has 0 radical (unpaired) electrons. The molecule has 1 aromatic carbocycles. The van der Waals surface area contributed by atoms with Gasteiger partial charge in [0.05, 0.1) is 0 Å². The van der Waals surface area contributed by atoms with Crippen molar-refractivity contribution in [2.45, 2.75) is 26.7 Å². The van der Waals surface area contributed by atoms with Gasteiger partial charge in [0.1, 0.15) is 23.5 Å². The Balaban J connectivity index is 2.33. The molecule has 0 aliphatic heterocycles. The molecule has 3 heteroatoms. The van der Waals surface area contributed by atoms with Gasteiger partial charge in [0.15, 0.2) is 0 Å². The monoisotopic (exact) mass is 290 g/mol. The number of rotatable bonds is 2. The van der Waals surface area contributed by atoms with E-state index < -0.39 is 0 Å². The lowest BCUT2D eigenvalue weighted by atomic mass is 9.74. The van der Waals surface area contributed by atoms with Crippen LogP contribution in [0.4, 0.5) is 0 Å². The lowest BCUT2D eigenvalue weighted by Crippen LogP contribution is -2.17. The molecule has 1 aliphatic rings. The molecule has 22 heavy (non-hydrogen) atoms. The van der Waals surface area contributed by atoms with E-state index in [4.69, 9.17) is 10.5 Å². The molecule has 0 saturated heterocycles. The van der Waals surface area contributed by atoms with Crippen molar-refractivity contribution in [2.24, 2.45) is 5.41 Å². The summed E-state index contributed by atoms with van der Waals surface area (Å²) in [7, 11) is 0. The maximum atomic E-state index is 9.29. The zero-order valence-corrected chi connectivity index (χ0v) is 12.8. The maximum Gasteiger partial charge on any atom is 0.132 e. The molecular weight excluding hydrogens is 272 g/mol. The lowest BCUT2D eigenvalue weighted by molar-refractivity contribution is 0.354. The second-order valence-electron chi connectivity index (χ2n) is 6.29. The molecule has 0 fully saturated rings. The molecule has 0 bridgehead atoms. The molecule has 0 unspecified atom stereocenters. The summed E-state index contributed by atoms with van der Waals surface area (Å²) >= 11 is 0. The van der Waals surface area contributed by atoms with E-state index in [1.165, 1.54) is 0 Å². The van der Waals surface area contributed by atoms with E-state index in [-0.39, 0.29) is 16.7 Å². The Hall–Kier alpha value is -2.78. The molecule has 0 saturated carbocycles. The van der Waals surface area contributed by atoms with E-state index in [1.54, 1.807) is 12.1 Å². The highest BCUT2D eigenvalue weighted by atomic mass is 16.3. The third-order valence-corrected chi connectivity index (χ3v) is 3.64. The van der Waals surface area contributed by atoms with Gasteiger partial charge < -0.3 is 5.11 Å². The average Bonchev–Trinajstić information content (AvgIpc) is 2.46. The highest BCUT2D eigenvalue weighted by Crippen LogP contribution is 2.39. The summed E-state index contributed by atoms with van der Waals surface area (Å²) in [6.45, 7) is 4.28. The number of nitrogens with zero attached hydrogens (tertiary/aromatic N) is 2. The normalized spacial score (nSPS) is 16.7. The van der Waals surface area contributed by atoms with Crippen molar-refractivity contribution in [2.75, 3.05) is 0 Å². The summed E-state index contributed by atoms with van der Waals surface area (Å²) in [5, 5.41) is 27.4. The van der Waals surface area contributed by atoms with Crippen LogP contribution in [0.5, 0.6) is 5.75 Å². The number of phenolic OH excluding ortho intramolecular Hbond substituents is 1. The van der Waals surface area contributed by atoms with Gasteiger partial charge >= 0.3 is 0 Å². The van der Waals surface area contributed by atoms with Crippen molar-refractivity contribution >= 4 is 6.08 Å². The first-order chi connectivity index (χ1) is 10.4. The number of hydrogen-bond donors (Lipinski definition) is 1. The van der Waals surface area contributed by atoms with Crippen molar-refractivity contribution in [1.82, 2.24) is 0 Å². The standard InChI is InChI=1S/C19H18N2O/c1-19(2)10-15(9-16(11-19)17(12-20)13-21)4-3-14-5-7-18(22)8-6-14/h3-9,22H,10-11H2,1-2H3. The third-order valence-electron chi connectivity index (χ3n) is 3.64. The van der Waals surface area contributed by atoms with Crippen LogP contribution in [0.25, 0.3) is 6.08 Å². The van der Waals surface area contributed by atoms with Gasteiger partial charge in [0, 0.05) is 0 Å². The minimum atomic E-state index is 0.0255. The number of aromatic hydroxyl groups is 1. The summed E-state index contributed by atoms with van der Waals surface area (Å²) in [5.74, 6) is 0.244. The fourth-order valence-corrected chi connectivity index (χ4v) is 2.68. The van der Waals surface area contributed by atoms with Gasteiger partial charge in [-0.2, -0.15) is 10.5 Å². The predicted octanol–water partition coefficient (Wildman–Crippen LogP) is 4.50. The van der Waals surface area contributed by atoms with Crippen molar-refractivity contribution < 1.29 is 5.11 Å². The fourth-order valence-electron chi connectivity index (χ4n) is 2.68. The smallest absolute Gasteiger partial charge is 0.132 e. The molecule has 3 nitrogen and oxygen atoms in total. The molecule has 0 aromatic heterocycles. The van der Waals surface area contributed by atoms with Crippen LogP contribution in [0.1, 0.15) is 32.3 Å². The van der Waals surface area contributed by atoms with E-state index in [0.717, 1.165) is 29.6 Å². The van der Waals surface area contributed by atoms with Crippen LogP contribution in [-0.4, -0.2) is 5.11 Å². The summed E-state index contributed by atoms with van der Waals surface area (Å²) in [4.78, 5) is 0. The Bertz CT molecular complexity index is 719. The zero-order chi connectivity index (χ0) is 16.2. The highest BCUT2D eigenvalue weighted by molar-refractivity contribution is 5.56. The number of phenols is 1. The molecule has 0 atom stereocenters. The number of hydrogen-bond acceptors (Lipinski definition) is 3. The van der Waals surface area contributed by atoms with Gasteiger partial charge in [-0.1, -0.05) is 44.2 Å². The van der Waals surface area contributed by atoms with Crippen molar-refractivity contribution in [3.63, 3.8) is 0 Å². The second-order valence-corrected chi connectivity index (χ2v) is 6.29. The van der Waals surface area contributed by atoms with Gasteiger partial charge in [-0.15, -0.1) is 0 Å². The summed E-state index contributed by atoms with van der Waals surface area (Å²) in [5.41, 5.74) is 3.13. The zero-order valence-electron chi connectivity index (χ0n) is 12.8. The Morgan fingerprint density at radius 1 is 1.09 bits per heavy atom. The van der Waals surface area contributed by atoms with Crippen LogP contribution in [0, 0.1) is 28.1 Å². The molecule has 0 amide bonds. The molecule has 1 aromatic rings. The van der Waals surface area contributed by atoms with Crippen LogP contribution in [-0.2, 0) is 0 Å². The highest BCUT2D eigenvalue weighted by Gasteiger charge is 2.26. The van der Waals surface area contributed by atoms with Crippen LogP contribution < -0.4 is 0 Å². The van der Waals surface area contributed by atoms with Gasteiger partial charge in [-0.05, 0) is 47.1 Å². The first-order valence-electron chi connectivity index (χ1n) is 7.14. The molecular formula is C19H18N2O. The topological polar surface area (TPSA) is 67.8 Å². The van der Waals surface area contributed by atoms with E-state index in [9.17, 15) is 5.11 Å². The van der Waals surface area contributed by atoms with Crippen LogP contribution in [0.2, 0.25) is 0 Å². The van der Waals surface area contributed by atoms with Gasteiger partial charge in [-0.3, -0.25) is 0 Å². The van der Waals surface area contributed by atoms with Crippen LogP contribution >= 0.6 is 0 Å². The van der Waals surface area contributed by atoms with Crippen molar-refractivity contribution in [1.29, 1.82) is 10.5 Å². The van der Waals surface area contributed by atoms with Crippen LogP contribution in [0.3, 0.4) is 0 Å². The predicted molar refractivity (Wildman–Crippen MR) is 86.5 cm³/mol. The SMILES string of the molecule is CC1(C)CC(C=Cc2ccc(O)cc2)=CC(=C(C#N)C#N)C1. The third kappa shape index (κ3) is 3.87. The van der Waals surface area contributed by atoms with Gasteiger partial charge in [0.2, 0.25) is 0 Å². The summed E-state index contributed by atoms with van der Waals surface area (Å²) in [6, 6.07) is 10.9. The van der Waals surface area contributed by atoms with Crippen LogP contribution in [0.15, 0.2) is 53.1 Å². The number of benzene rings is 1. The molecule has 110 valence electrons. The summed E-state index contributed by atoms with van der Waals surface area (Å²) in [6.07, 6.45) is 7.57. The number of nitriles is 2. The Labute approximate surface area is 131 Å². The maximum absolute atomic E-state index is 9.29. The Kier molecular flexibility index (Phi) is 4.49.